The lowest BCUT2D eigenvalue weighted by Gasteiger charge is -2.35. The summed E-state index contributed by atoms with van der Waals surface area (Å²) in [5.41, 5.74) is 0.895. The number of aryl methyl sites for hydroxylation is 1. The molecular formula is C17H17N5O2. The number of piperazine rings is 1. The molecule has 0 unspecified atom stereocenters. The van der Waals surface area contributed by atoms with Crippen LogP contribution in [0.4, 0.5) is 5.82 Å². The summed E-state index contributed by atoms with van der Waals surface area (Å²) in [6.45, 7) is 2.32. The van der Waals surface area contributed by atoms with Crippen molar-refractivity contribution < 1.29 is 4.79 Å². The maximum Gasteiger partial charge on any atom is 0.255 e. The van der Waals surface area contributed by atoms with Gasteiger partial charge in [-0.3, -0.25) is 9.59 Å². The van der Waals surface area contributed by atoms with Crippen LogP contribution >= 0.6 is 0 Å². The fraction of sp³-hybridized carbons (Fsp3) is 0.294. The quantitative estimate of drug-likeness (QED) is 0.809. The van der Waals surface area contributed by atoms with Gasteiger partial charge in [-0.05, 0) is 18.2 Å². The second-order valence-corrected chi connectivity index (χ2v) is 5.63. The van der Waals surface area contributed by atoms with Crippen molar-refractivity contribution in [2.75, 3.05) is 31.1 Å². The van der Waals surface area contributed by atoms with Crippen LogP contribution in [0.3, 0.4) is 0 Å². The highest BCUT2D eigenvalue weighted by atomic mass is 16.2. The lowest BCUT2D eigenvalue weighted by molar-refractivity contribution is 0.0745. The average Bonchev–Trinajstić information content (AvgIpc) is 2.63. The monoisotopic (exact) mass is 323 g/mol. The third-order valence-corrected chi connectivity index (χ3v) is 4.11. The zero-order valence-corrected chi connectivity index (χ0v) is 13.3. The van der Waals surface area contributed by atoms with Crippen LogP contribution in [-0.4, -0.2) is 46.5 Å². The maximum absolute atomic E-state index is 12.6. The molecule has 0 N–H and O–H groups in total. The molecule has 1 aliphatic heterocycles. The molecule has 1 fully saturated rings. The lowest BCUT2D eigenvalue weighted by atomic mass is 10.2. The van der Waals surface area contributed by atoms with E-state index in [2.05, 4.69) is 11.1 Å². The summed E-state index contributed by atoms with van der Waals surface area (Å²) >= 11 is 0. The maximum atomic E-state index is 12.6. The summed E-state index contributed by atoms with van der Waals surface area (Å²) in [7, 11) is 1.63. The highest BCUT2D eigenvalue weighted by Crippen LogP contribution is 2.18. The van der Waals surface area contributed by atoms with Crippen LogP contribution < -0.4 is 10.5 Å². The van der Waals surface area contributed by atoms with Crippen LogP contribution in [0.1, 0.15) is 15.9 Å². The smallest absolute Gasteiger partial charge is 0.255 e. The average molecular weight is 323 g/mol. The Hall–Kier alpha value is -3.14. The molecule has 3 heterocycles. The summed E-state index contributed by atoms with van der Waals surface area (Å²) in [4.78, 5) is 32.0. The lowest BCUT2D eigenvalue weighted by Crippen LogP contribution is -2.49. The number of anilines is 1. The largest absolute Gasteiger partial charge is 0.352 e. The van der Waals surface area contributed by atoms with E-state index in [1.807, 2.05) is 4.90 Å². The number of nitrogens with zero attached hydrogens (tertiary/aromatic N) is 5. The van der Waals surface area contributed by atoms with E-state index >= 15 is 0 Å². The Labute approximate surface area is 139 Å². The topological polar surface area (TPSA) is 82.2 Å². The molecule has 3 rings (SSSR count). The Balaban J connectivity index is 1.71. The van der Waals surface area contributed by atoms with Crippen molar-refractivity contribution in [1.82, 2.24) is 14.5 Å². The van der Waals surface area contributed by atoms with Crippen molar-refractivity contribution in [1.29, 1.82) is 5.26 Å². The van der Waals surface area contributed by atoms with Gasteiger partial charge >= 0.3 is 0 Å². The second-order valence-electron chi connectivity index (χ2n) is 5.63. The van der Waals surface area contributed by atoms with E-state index in [-0.39, 0.29) is 11.5 Å². The molecule has 0 aromatic carbocycles. The Kier molecular flexibility index (Phi) is 4.29. The highest BCUT2D eigenvalue weighted by Gasteiger charge is 2.24. The number of hydrogen-bond donors (Lipinski definition) is 0. The molecule has 2 aromatic rings. The summed E-state index contributed by atoms with van der Waals surface area (Å²) in [5.74, 6) is 0.570. The Morgan fingerprint density at radius 2 is 1.96 bits per heavy atom. The van der Waals surface area contributed by atoms with Gasteiger partial charge in [0.2, 0.25) is 5.56 Å². The van der Waals surface area contributed by atoms with Gasteiger partial charge < -0.3 is 14.4 Å². The standard InChI is InChI=1S/C17H17N5O2/c1-20-12-14(4-5-15(20)23)17(24)22-9-7-21(8-10-22)16-13(11-18)3-2-6-19-16/h2-6,12H,7-10H2,1H3. The minimum Gasteiger partial charge on any atom is -0.352 e. The minimum absolute atomic E-state index is 0.0909. The molecule has 7 heteroatoms. The van der Waals surface area contributed by atoms with Crippen molar-refractivity contribution in [3.63, 3.8) is 0 Å². The molecule has 122 valence electrons. The zero-order chi connectivity index (χ0) is 17.1. The molecule has 0 radical (unpaired) electrons. The highest BCUT2D eigenvalue weighted by molar-refractivity contribution is 5.94. The van der Waals surface area contributed by atoms with Crippen molar-refractivity contribution in [3.8, 4) is 6.07 Å². The third-order valence-electron chi connectivity index (χ3n) is 4.11. The van der Waals surface area contributed by atoms with Gasteiger partial charge in [0.05, 0.1) is 11.1 Å². The molecule has 1 saturated heterocycles. The third kappa shape index (κ3) is 2.99. The first-order chi connectivity index (χ1) is 11.6. The molecule has 2 aromatic heterocycles. The van der Waals surface area contributed by atoms with Crippen LogP contribution in [0.5, 0.6) is 0 Å². The molecule has 0 aliphatic carbocycles. The second kappa shape index (κ2) is 6.54. The number of aromatic nitrogens is 2. The number of rotatable bonds is 2. The molecule has 24 heavy (non-hydrogen) atoms. The number of nitriles is 1. The molecule has 1 aliphatic rings. The fourth-order valence-corrected chi connectivity index (χ4v) is 2.76. The van der Waals surface area contributed by atoms with E-state index in [9.17, 15) is 14.9 Å². The minimum atomic E-state index is -0.143. The predicted octanol–water partition coefficient (Wildman–Crippen LogP) is 0.614. The van der Waals surface area contributed by atoms with E-state index in [0.29, 0.717) is 43.1 Å². The first kappa shape index (κ1) is 15.7. The van der Waals surface area contributed by atoms with E-state index in [1.165, 1.54) is 10.6 Å². The normalized spacial score (nSPS) is 14.3. The van der Waals surface area contributed by atoms with Crippen LogP contribution in [0.25, 0.3) is 0 Å². The molecule has 0 bridgehead atoms. The molecule has 0 saturated carbocycles. The first-order valence-corrected chi connectivity index (χ1v) is 7.66. The summed E-state index contributed by atoms with van der Waals surface area (Å²) < 4.78 is 1.40. The van der Waals surface area contributed by atoms with Gasteiger partial charge in [0, 0.05) is 51.7 Å². The van der Waals surface area contributed by atoms with E-state index in [4.69, 9.17) is 0 Å². The van der Waals surface area contributed by atoms with Crippen molar-refractivity contribution in [2.45, 2.75) is 0 Å². The molecule has 0 atom stereocenters. The molecular weight excluding hydrogens is 306 g/mol. The van der Waals surface area contributed by atoms with Crippen molar-refractivity contribution in [3.05, 3.63) is 58.1 Å². The molecule has 0 spiro atoms. The Morgan fingerprint density at radius 3 is 2.62 bits per heavy atom. The molecule has 1 amide bonds. The summed E-state index contributed by atoms with van der Waals surface area (Å²) in [6.07, 6.45) is 3.22. The van der Waals surface area contributed by atoms with Crippen LogP contribution in [0.2, 0.25) is 0 Å². The first-order valence-electron chi connectivity index (χ1n) is 7.66. The SMILES string of the molecule is Cn1cc(C(=O)N2CCN(c3ncccc3C#N)CC2)ccc1=O. The van der Waals surface area contributed by atoms with Crippen molar-refractivity contribution in [2.24, 2.45) is 7.05 Å². The zero-order valence-electron chi connectivity index (χ0n) is 13.3. The van der Waals surface area contributed by atoms with Crippen molar-refractivity contribution >= 4 is 11.7 Å². The van der Waals surface area contributed by atoms with Gasteiger partial charge in [-0.1, -0.05) is 0 Å². The summed E-state index contributed by atoms with van der Waals surface area (Å²) in [6, 6.07) is 8.58. The Bertz CT molecular complexity index is 860. The number of hydrogen-bond acceptors (Lipinski definition) is 5. The van der Waals surface area contributed by atoms with E-state index < -0.39 is 0 Å². The van der Waals surface area contributed by atoms with Gasteiger partial charge in [-0.25, -0.2) is 4.98 Å². The van der Waals surface area contributed by atoms with Gasteiger partial charge in [-0.15, -0.1) is 0 Å². The van der Waals surface area contributed by atoms with Gasteiger partial charge in [0.1, 0.15) is 11.9 Å². The van der Waals surface area contributed by atoms with Crippen LogP contribution in [-0.2, 0) is 7.05 Å². The number of amides is 1. The van der Waals surface area contributed by atoms with Gasteiger partial charge in [0.15, 0.2) is 0 Å². The number of carbonyl (C=O) groups is 1. The van der Waals surface area contributed by atoms with Gasteiger partial charge in [0.25, 0.3) is 5.91 Å². The Morgan fingerprint density at radius 1 is 1.21 bits per heavy atom. The number of pyridine rings is 2. The molecule has 7 nitrogen and oxygen atoms in total. The summed E-state index contributed by atoms with van der Waals surface area (Å²) in [5, 5.41) is 9.18. The number of carbonyl (C=O) groups excluding carboxylic acids is 1. The van der Waals surface area contributed by atoms with Crippen LogP contribution in [0.15, 0.2) is 41.5 Å². The predicted molar refractivity (Wildman–Crippen MR) is 88.8 cm³/mol. The van der Waals surface area contributed by atoms with Gasteiger partial charge in [-0.2, -0.15) is 5.26 Å². The van der Waals surface area contributed by atoms with E-state index in [0.717, 1.165) is 0 Å². The van der Waals surface area contributed by atoms with Crippen LogP contribution in [0, 0.1) is 11.3 Å². The van der Waals surface area contributed by atoms with E-state index in [1.54, 1.807) is 42.5 Å². The fourth-order valence-electron chi connectivity index (χ4n) is 2.76.